The van der Waals surface area contributed by atoms with Gasteiger partial charge in [-0.05, 0) is 18.1 Å². The second-order valence-corrected chi connectivity index (χ2v) is 3.61. The first kappa shape index (κ1) is 13.0. The fourth-order valence-electron chi connectivity index (χ4n) is 0.676. The van der Waals surface area contributed by atoms with Gasteiger partial charge in [0.15, 0.2) is 5.11 Å². The lowest BCUT2D eigenvalue weighted by atomic mass is 10.2. The molecule has 0 heterocycles. The number of nitrogens with two attached hydrogens (primary N) is 1. The summed E-state index contributed by atoms with van der Waals surface area (Å²) in [5.74, 6) is 0.539. The van der Waals surface area contributed by atoms with Crippen LogP contribution in [0.3, 0.4) is 0 Å². The summed E-state index contributed by atoms with van der Waals surface area (Å²) in [6.07, 6.45) is -0.771. The average Bonchev–Trinajstić information content (AvgIpc) is 2.08. The molecule has 0 rings (SSSR count). The van der Waals surface area contributed by atoms with E-state index in [-0.39, 0.29) is 6.61 Å². The molecular formula is C8H17N3O2S. The van der Waals surface area contributed by atoms with Crippen molar-refractivity contribution in [3.63, 3.8) is 0 Å². The van der Waals surface area contributed by atoms with E-state index in [1.54, 1.807) is 0 Å². The van der Waals surface area contributed by atoms with Crippen LogP contribution in [0.25, 0.3) is 0 Å². The molecule has 0 aliphatic rings. The summed E-state index contributed by atoms with van der Waals surface area (Å²) in [5.41, 5.74) is 4.77. The molecule has 0 bridgehead atoms. The highest BCUT2D eigenvalue weighted by atomic mass is 32.1. The molecule has 0 unspecified atom stereocenters. The SMILES string of the molecule is CC(C)CNC(=S)NCCOC(N)=O. The first-order valence-electron chi connectivity index (χ1n) is 4.46. The maximum Gasteiger partial charge on any atom is 0.404 e. The van der Waals surface area contributed by atoms with Crippen molar-refractivity contribution in [2.75, 3.05) is 19.7 Å². The van der Waals surface area contributed by atoms with E-state index in [1.807, 2.05) is 0 Å². The van der Waals surface area contributed by atoms with E-state index in [4.69, 9.17) is 18.0 Å². The molecule has 5 nitrogen and oxygen atoms in total. The fourth-order valence-corrected chi connectivity index (χ4v) is 0.861. The van der Waals surface area contributed by atoms with E-state index >= 15 is 0 Å². The maximum absolute atomic E-state index is 10.2. The van der Waals surface area contributed by atoms with Gasteiger partial charge in [-0.25, -0.2) is 4.79 Å². The molecule has 0 aliphatic carbocycles. The van der Waals surface area contributed by atoms with Crippen molar-refractivity contribution >= 4 is 23.4 Å². The Kier molecular flexibility index (Phi) is 6.82. The van der Waals surface area contributed by atoms with Gasteiger partial charge in [0, 0.05) is 6.54 Å². The van der Waals surface area contributed by atoms with E-state index in [1.165, 1.54) is 0 Å². The minimum atomic E-state index is -0.771. The summed E-state index contributed by atoms with van der Waals surface area (Å²) >= 11 is 4.96. The number of hydrogen-bond donors (Lipinski definition) is 3. The molecule has 0 atom stereocenters. The van der Waals surface area contributed by atoms with Gasteiger partial charge in [0.05, 0.1) is 6.54 Å². The second-order valence-electron chi connectivity index (χ2n) is 3.20. The lowest BCUT2D eigenvalue weighted by Crippen LogP contribution is -2.39. The van der Waals surface area contributed by atoms with Gasteiger partial charge in [0.2, 0.25) is 0 Å². The van der Waals surface area contributed by atoms with E-state index < -0.39 is 6.09 Å². The van der Waals surface area contributed by atoms with Crippen molar-refractivity contribution in [2.45, 2.75) is 13.8 Å². The first-order valence-corrected chi connectivity index (χ1v) is 4.87. The Morgan fingerprint density at radius 1 is 1.50 bits per heavy atom. The molecule has 0 saturated heterocycles. The van der Waals surface area contributed by atoms with Gasteiger partial charge in [-0.2, -0.15) is 0 Å². The molecule has 0 radical (unpaired) electrons. The van der Waals surface area contributed by atoms with Crippen molar-refractivity contribution in [1.29, 1.82) is 0 Å². The van der Waals surface area contributed by atoms with Crippen molar-refractivity contribution in [2.24, 2.45) is 11.7 Å². The molecule has 0 saturated carbocycles. The molecule has 82 valence electrons. The van der Waals surface area contributed by atoms with E-state index in [2.05, 4.69) is 29.2 Å². The van der Waals surface area contributed by atoms with Crippen LogP contribution in [0.2, 0.25) is 0 Å². The minimum Gasteiger partial charge on any atom is -0.448 e. The predicted molar refractivity (Wildman–Crippen MR) is 59.0 cm³/mol. The molecule has 0 aromatic heterocycles. The van der Waals surface area contributed by atoms with Crippen molar-refractivity contribution in [3.05, 3.63) is 0 Å². The highest BCUT2D eigenvalue weighted by molar-refractivity contribution is 7.80. The monoisotopic (exact) mass is 219 g/mol. The van der Waals surface area contributed by atoms with Crippen LogP contribution < -0.4 is 16.4 Å². The van der Waals surface area contributed by atoms with Gasteiger partial charge in [-0.15, -0.1) is 0 Å². The number of hydrogen-bond acceptors (Lipinski definition) is 3. The number of thiocarbonyl (C=S) groups is 1. The summed E-state index contributed by atoms with van der Waals surface area (Å²) in [7, 11) is 0. The lowest BCUT2D eigenvalue weighted by molar-refractivity contribution is 0.159. The molecule has 6 heteroatoms. The van der Waals surface area contributed by atoms with Gasteiger partial charge in [0.1, 0.15) is 6.61 Å². The van der Waals surface area contributed by atoms with Crippen LogP contribution in [0.15, 0.2) is 0 Å². The summed E-state index contributed by atoms with van der Waals surface area (Å²) < 4.78 is 4.51. The molecule has 0 fully saturated rings. The van der Waals surface area contributed by atoms with Crippen LogP contribution in [-0.2, 0) is 4.74 Å². The first-order chi connectivity index (χ1) is 6.52. The highest BCUT2D eigenvalue weighted by Crippen LogP contribution is 1.86. The zero-order chi connectivity index (χ0) is 11.0. The minimum absolute atomic E-state index is 0.221. The number of carbonyl (C=O) groups excluding carboxylic acids is 1. The third-order valence-corrected chi connectivity index (χ3v) is 1.59. The number of rotatable bonds is 5. The highest BCUT2D eigenvalue weighted by Gasteiger charge is 1.97. The molecule has 1 amide bonds. The fraction of sp³-hybridized carbons (Fsp3) is 0.750. The van der Waals surface area contributed by atoms with Crippen molar-refractivity contribution < 1.29 is 9.53 Å². The normalized spacial score (nSPS) is 9.64. The molecule has 14 heavy (non-hydrogen) atoms. The van der Waals surface area contributed by atoms with E-state index in [0.717, 1.165) is 6.54 Å². The Labute approximate surface area is 89.4 Å². The molecule has 0 aromatic carbocycles. The quantitative estimate of drug-likeness (QED) is 0.455. The molecule has 4 N–H and O–H groups in total. The summed E-state index contributed by atoms with van der Waals surface area (Å²) in [5, 5.41) is 6.46. The van der Waals surface area contributed by atoms with Gasteiger partial charge in [0.25, 0.3) is 0 Å². The van der Waals surface area contributed by atoms with E-state index in [0.29, 0.717) is 17.6 Å². The van der Waals surface area contributed by atoms with E-state index in [9.17, 15) is 4.79 Å². The third-order valence-electron chi connectivity index (χ3n) is 1.30. The standard InChI is InChI=1S/C8H17N3O2S/c1-6(2)5-11-8(14)10-3-4-13-7(9)12/h6H,3-5H2,1-2H3,(H2,9,12)(H2,10,11,14). The van der Waals surface area contributed by atoms with Gasteiger partial charge in [-0.1, -0.05) is 13.8 Å². The Bertz CT molecular complexity index is 197. The Balaban J connectivity index is 3.31. The molecule has 0 aromatic rings. The number of amides is 1. The smallest absolute Gasteiger partial charge is 0.404 e. The summed E-state index contributed by atoms with van der Waals surface area (Å²) in [6.45, 7) is 5.69. The molecular weight excluding hydrogens is 202 g/mol. The largest absolute Gasteiger partial charge is 0.448 e. The van der Waals surface area contributed by atoms with Crippen LogP contribution in [0, 0.1) is 5.92 Å². The Morgan fingerprint density at radius 2 is 2.14 bits per heavy atom. The van der Waals surface area contributed by atoms with Crippen LogP contribution in [-0.4, -0.2) is 30.9 Å². The molecule has 0 spiro atoms. The van der Waals surface area contributed by atoms with Crippen LogP contribution in [0.1, 0.15) is 13.8 Å². The van der Waals surface area contributed by atoms with Gasteiger partial charge >= 0.3 is 6.09 Å². The van der Waals surface area contributed by atoms with Crippen LogP contribution in [0.5, 0.6) is 0 Å². The number of primary amides is 1. The second kappa shape index (κ2) is 7.37. The lowest BCUT2D eigenvalue weighted by Gasteiger charge is -2.11. The zero-order valence-electron chi connectivity index (χ0n) is 8.50. The topological polar surface area (TPSA) is 76.4 Å². The van der Waals surface area contributed by atoms with Gasteiger partial charge in [-0.3, -0.25) is 0 Å². The average molecular weight is 219 g/mol. The molecule has 0 aliphatic heterocycles. The maximum atomic E-state index is 10.2. The van der Waals surface area contributed by atoms with Crippen LogP contribution >= 0.6 is 12.2 Å². The Hall–Kier alpha value is -1.04. The van der Waals surface area contributed by atoms with Crippen LogP contribution in [0.4, 0.5) is 4.79 Å². The van der Waals surface area contributed by atoms with Crippen molar-refractivity contribution in [3.8, 4) is 0 Å². The predicted octanol–water partition coefficient (Wildman–Crippen LogP) is 0.202. The zero-order valence-corrected chi connectivity index (χ0v) is 9.32. The third kappa shape index (κ3) is 9.05. The number of carbonyl (C=O) groups is 1. The summed E-state index contributed by atoms with van der Waals surface area (Å²) in [6, 6.07) is 0. The van der Waals surface area contributed by atoms with Crippen molar-refractivity contribution in [1.82, 2.24) is 10.6 Å². The Morgan fingerprint density at radius 3 is 2.64 bits per heavy atom. The number of nitrogens with one attached hydrogen (secondary N) is 2. The number of ether oxygens (including phenoxy) is 1. The summed E-state index contributed by atoms with van der Waals surface area (Å²) in [4.78, 5) is 10.2. The van der Waals surface area contributed by atoms with Gasteiger partial charge < -0.3 is 21.1 Å².